The monoisotopic (exact) mass is 403 g/mol. The third kappa shape index (κ3) is 5.64. The molecule has 0 saturated carbocycles. The lowest BCUT2D eigenvalue weighted by Crippen LogP contribution is -2.16. The second-order valence-corrected chi connectivity index (χ2v) is 6.22. The summed E-state index contributed by atoms with van der Waals surface area (Å²) in [6.07, 6.45) is -1.78. The van der Waals surface area contributed by atoms with E-state index >= 15 is 0 Å². The van der Waals surface area contributed by atoms with Gasteiger partial charge in [-0.1, -0.05) is 30.3 Å². The molecule has 152 valence electrons. The van der Waals surface area contributed by atoms with Crippen molar-refractivity contribution in [1.82, 2.24) is 15.0 Å². The number of rotatable bonds is 8. The van der Waals surface area contributed by atoms with Gasteiger partial charge in [-0.3, -0.25) is 4.98 Å². The first kappa shape index (κ1) is 20.5. The van der Waals surface area contributed by atoms with Gasteiger partial charge in [0.25, 0.3) is 0 Å². The minimum atomic E-state index is -4.57. The van der Waals surface area contributed by atoms with Crippen molar-refractivity contribution in [2.75, 3.05) is 23.8 Å². The van der Waals surface area contributed by atoms with E-state index < -0.39 is 11.7 Å². The average molecular weight is 403 g/mol. The normalized spacial score (nSPS) is 11.3. The van der Waals surface area contributed by atoms with Crippen LogP contribution >= 0.6 is 0 Å². The van der Waals surface area contributed by atoms with Gasteiger partial charge in [-0.2, -0.15) is 18.2 Å². The van der Waals surface area contributed by atoms with Crippen LogP contribution in [-0.2, 0) is 12.7 Å². The molecule has 0 spiro atoms. The van der Waals surface area contributed by atoms with Crippen molar-refractivity contribution in [1.29, 1.82) is 0 Å². The Kier molecular flexibility index (Phi) is 6.61. The van der Waals surface area contributed by atoms with E-state index in [0.29, 0.717) is 13.0 Å². The molecule has 0 fully saturated rings. The first-order valence-corrected chi connectivity index (χ1v) is 9.00. The van der Waals surface area contributed by atoms with Gasteiger partial charge in [-0.25, -0.2) is 4.98 Å². The lowest BCUT2D eigenvalue weighted by Gasteiger charge is -2.14. The van der Waals surface area contributed by atoms with Crippen LogP contribution in [0.25, 0.3) is 11.3 Å². The van der Waals surface area contributed by atoms with E-state index in [1.54, 1.807) is 6.20 Å². The molecular formula is C20H20F3N5O. The zero-order valence-electron chi connectivity index (χ0n) is 15.4. The van der Waals surface area contributed by atoms with Crippen LogP contribution in [0.4, 0.5) is 24.9 Å². The molecule has 0 amide bonds. The molecule has 0 aliphatic rings. The Morgan fingerprint density at radius 3 is 2.41 bits per heavy atom. The summed E-state index contributed by atoms with van der Waals surface area (Å²) in [7, 11) is 0. The summed E-state index contributed by atoms with van der Waals surface area (Å²) < 4.78 is 39.4. The maximum absolute atomic E-state index is 13.1. The fourth-order valence-corrected chi connectivity index (χ4v) is 2.60. The largest absolute Gasteiger partial charge is 0.421 e. The molecule has 0 aliphatic carbocycles. The molecule has 0 aliphatic heterocycles. The van der Waals surface area contributed by atoms with E-state index in [0.717, 1.165) is 23.0 Å². The van der Waals surface area contributed by atoms with Crippen LogP contribution in [0, 0.1) is 0 Å². The van der Waals surface area contributed by atoms with Crippen molar-refractivity contribution in [2.45, 2.75) is 19.1 Å². The van der Waals surface area contributed by atoms with Crippen molar-refractivity contribution in [3.8, 4) is 11.3 Å². The highest BCUT2D eigenvalue weighted by Gasteiger charge is 2.35. The molecule has 0 unspecified atom stereocenters. The van der Waals surface area contributed by atoms with Crippen LogP contribution in [0.1, 0.15) is 17.5 Å². The molecule has 3 rings (SSSR count). The Balaban J connectivity index is 1.69. The van der Waals surface area contributed by atoms with Crippen molar-refractivity contribution < 1.29 is 18.3 Å². The van der Waals surface area contributed by atoms with E-state index in [1.807, 2.05) is 42.5 Å². The maximum atomic E-state index is 13.1. The molecule has 2 aromatic heterocycles. The molecule has 6 nitrogen and oxygen atoms in total. The van der Waals surface area contributed by atoms with Gasteiger partial charge in [0.15, 0.2) is 0 Å². The van der Waals surface area contributed by atoms with E-state index in [-0.39, 0.29) is 24.9 Å². The predicted octanol–water partition coefficient (Wildman–Crippen LogP) is 3.96. The van der Waals surface area contributed by atoms with Crippen LogP contribution < -0.4 is 10.6 Å². The van der Waals surface area contributed by atoms with Crippen LogP contribution in [0.3, 0.4) is 0 Å². The second kappa shape index (κ2) is 9.33. The molecule has 3 aromatic rings. The Hall–Kier alpha value is -3.20. The highest BCUT2D eigenvalue weighted by Crippen LogP contribution is 2.33. The lowest BCUT2D eigenvalue weighted by atomic mass is 10.1. The van der Waals surface area contributed by atoms with Crippen molar-refractivity contribution in [2.24, 2.45) is 0 Å². The van der Waals surface area contributed by atoms with E-state index in [2.05, 4.69) is 25.6 Å². The number of nitrogens with zero attached hydrogens (tertiary/aromatic N) is 3. The van der Waals surface area contributed by atoms with E-state index in [4.69, 9.17) is 5.11 Å². The number of pyridine rings is 1. The predicted molar refractivity (Wildman–Crippen MR) is 104 cm³/mol. The molecular weight excluding hydrogens is 383 g/mol. The summed E-state index contributed by atoms with van der Waals surface area (Å²) in [6.45, 7) is 0.397. The molecule has 1 aromatic carbocycles. The number of nitrogens with one attached hydrogen (secondary N) is 2. The third-order valence-corrected chi connectivity index (χ3v) is 4.09. The Morgan fingerprint density at radius 1 is 0.966 bits per heavy atom. The van der Waals surface area contributed by atoms with Crippen LogP contribution in [0.2, 0.25) is 0 Å². The molecule has 0 saturated heterocycles. The van der Waals surface area contributed by atoms with Crippen molar-refractivity contribution in [3.63, 3.8) is 0 Å². The summed E-state index contributed by atoms with van der Waals surface area (Å²) in [6, 6.07) is 13.3. The number of anilines is 2. The van der Waals surface area contributed by atoms with Gasteiger partial charge in [0.05, 0.1) is 5.69 Å². The fourth-order valence-electron chi connectivity index (χ4n) is 2.60. The Morgan fingerprint density at radius 2 is 1.76 bits per heavy atom. The SMILES string of the molecule is OCCCNc1nc(NCc2ccc(-c3ccccn3)cc2)ncc1C(F)(F)F. The summed E-state index contributed by atoms with van der Waals surface area (Å²) in [5, 5.41) is 14.4. The van der Waals surface area contributed by atoms with Crippen LogP contribution in [0.5, 0.6) is 0 Å². The van der Waals surface area contributed by atoms with Gasteiger partial charge in [0.1, 0.15) is 11.4 Å². The molecule has 0 radical (unpaired) electrons. The fraction of sp³-hybridized carbons (Fsp3) is 0.250. The number of benzene rings is 1. The number of alkyl halides is 3. The highest BCUT2D eigenvalue weighted by molar-refractivity contribution is 5.59. The van der Waals surface area contributed by atoms with E-state index in [9.17, 15) is 13.2 Å². The molecule has 2 heterocycles. The number of aromatic nitrogens is 3. The number of aliphatic hydroxyl groups is 1. The van der Waals surface area contributed by atoms with Crippen LogP contribution in [-0.4, -0.2) is 33.2 Å². The van der Waals surface area contributed by atoms with Gasteiger partial charge in [-0.15, -0.1) is 0 Å². The quantitative estimate of drug-likeness (QED) is 0.494. The van der Waals surface area contributed by atoms with Crippen molar-refractivity contribution >= 4 is 11.8 Å². The van der Waals surface area contributed by atoms with Gasteiger partial charge in [-0.05, 0) is 24.1 Å². The van der Waals surface area contributed by atoms with Crippen molar-refractivity contribution in [3.05, 3.63) is 66.0 Å². The zero-order valence-corrected chi connectivity index (χ0v) is 15.4. The lowest BCUT2D eigenvalue weighted by molar-refractivity contribution is -0.137. The molecule has 0 bridgehead atoms. The maximum Gasteiger partial charge on any atom is 0.421 e. The van der Waals surface area contributed by atoms with Gasteiger partial charge < -0.3 is 15.7 Å². The van der Waals surface area contributed by atoms with Gasteiger partial charge in [0, 0.05) is 37.7 Å². The summed E-state index contributed by atoms with van der Waals surface area (Å²) in [5.74, 6) is -0.229. The van der Waals surface area contributed by atoms with Gasteiger partial charge >= 0.3 is 6.18 Å². The summed E-state index contributed by atoms with van der Waals surface area (Å²) in [5.41, 5.74) is 1.80. The zero-order chi connectivity index (χ0) is 20.7. The first-order chi connectivity index (χ1) is 14.0. The molecule has 29 heavy (non-hydrogen) atoms. The smallest absolute Gasteiger partial charge is 0.396 e. The van der Waals surface area contributed by atoms with E-state index in [1.165, 1.54) is 0 Å². The van der Waals surface area contributed by atoms with Crippen LogP contribution in [0.15, 0.2) is 54.9 Å². The number of hydrogen-bond acceptors (Lipinski definition) is 6. The Bertz CT molecular complexity index is 918. The minimum Gasteiger partial charge on any atom is -0.396 e. The number of hydrogen-bond donors (Lipinski definition) is 3. The summed E-state index contributed by atoms with van der Waals surface area (Å²) in [4.78, 5) is 12.0. The molecule has 3 N–H and O–H groups in total. The summed E-state index contributed by atoms with van der Waals surface area (Å²) >= 11 is 0. The standard InChI is InChI=1S/C20H20F3N5O/c21-20(22,23)16-13-27-19(28-18(16)25-10-3-11-29)26-12-14-5-7-15(8-6-14)17-4-1-2-9-24-17/h1-2,4-9,13,29H,3,10-12H2,(H2,25,26,27,28). The third-order valence-electron chi connectivity index (χ3n) is 4.09. The second-order valence-electron chi connectivity index (χ2n) is 6.22. The molecule has 0 atom stereocenters. The van der Waals surface area contributed by atoms with Gasteiger partial charge in [0.2, 0.25) is 5.95 Å². The average Bonchev–Trinajstić information content (AvgIpc) is 2.73. The highest BCUT2D eigenvalue weighted by atomic mass is 19.4. The minimum absolute atomic E-state index is 0.0818. The topological polar surface area (TPSA) is 83.0 Å². The Labute approximate surface area is 165 Å². The first-order valence-electron chi connectivity index (χ1n) is 9.00. The number of aliphatic hydroxyl groups excluding tert-OH is 1. The molecule has 9 heteroatoms. The number of halogens is 3.